The van der Waals surface area contributed by atoms with Gasteiger partial charge in [-0.2, -0.15) is 0 Å². The van der Waals surface area contributed by atoms with Gasteiger partial charge in [-0.25, -0.2) is 0 Å². The minimum absolute atomic E-state index is 0.0559. The molecule has 3 heteroatoms. The molecule has 1 spiro atoms. The SMILES string of the molecule is C[C@]12CCC(=O)CC1=C1CC1[C@H]1[C@@H]3[C@@H]4C[C@@H]4[C@@]4(CCC(=O)O4)[C@@]3(C)CC[C@@H]12. The highest BCUT2D eigenvalue weighted by molar-refractivity contribution is 5.83. The van der Waals surface area contributed by atoms with Crippen molar-refractivity contribution in [1.82, 2.24) is 0 Å². The lowest BCUT2D eigenvalue weighted by Crippen LogP contribution is -2.57. The number of ether oxygens (including phenoxy) is 1. The summed E-state index contributed by atoms with van der Waals surface area (Å²) in [5.74, 6) is 5.00. The summed E-state index contributed by atoms with van der Waals surface area (Å²) < 4.78 is 6.22. The Bertz CT molecular complexity index is 841. The van der Waals surface area contributed by atoms with Gasteiger partial charge in [0, 0.05) is 30.6 Å². The van der Waals surface area contributed by atoms with E-state index in [-0.39, 0.29) is 22.4 Å². The van der Waals surface area contributed by atoms with E-state index in [0.717, 1.165) is 55.3 Å². The average Bonchev–Trinajstić information content (AvgIpc) is 3.53. The second-order valence-electron chi connectivity index (χ2n) is 11.5. The number of hydrogen-bond donors (Lipinski definition) is 0. The summed E-state index contributed by atoms with van der Waals surface area (Å²) in [6.45, 7) is 4.99. The molecule has 0 aromatic carbocycles. The first kappa shape index (κ1) is 15.8. The summed E-state index contributed by atoms with van der Waals surface area (Å²) in [7, 11) is 0. The summed E-state index contributed by atoms with van der Waals surface area (Å²) in [6, 6.07) is 0. The number of esters is 1. The van der Waals surface area contributed by atoms with Gasteiger partial charge in [0.25, 0.3) is 0 Å². The van der Waals surface area contributed by atoms with Gasteiger partial charge in [0.15, 0.2) is 0 Å². The molecular weight excluding hydrogens is 336 g/mol. The van der Waals surface area contributed by atoms with Crippen molar-refractivity contribution in [2.24, 2.45) is 46.3 Å². The van der Waals surface area contributed by atoms with Gasteiger partial charge in [0.05, 0.1) is 0 Å². The van der Waals surface area contributed by atoms with Gasteiger partial charge < -0.3 is 4.74 Å². The molecule has 144 valence electrons. The van der Waals surface area contributed by atoms with Crippen LogP contribution in [0.4, 0.5) is 0 Å². The fourth-order valence-corrected chi connectivity index (χ4v) is 9.66. The molecule has 27 heavy (non-hydrogen) atoms. The van der Waals surface area contributed by atoms with Crippen molar-refractivity contribution in [2.45, 2.75) is 77.2 Å². The molecule has 5 saturated carbocycles. The lowest BCUT2D eigenvalue weighted by molar-refractivity contribution is -0.176. The normalized spacial score (nSPS) is 59.6. The van der Waals surface area contributed by atoms with Gasteiger partial charge in [0.1, 0.15) is 11.4 Å². The fourth-order valence-electron chi connectivity index (χ4n) is 9.66. The van der Waals surface area contributed by atoms with Crippen molar-refractivity contribution >= 4 is 11.8 Å². The molecule has 0 amide bonds. The first-order valence-electron chi connectivity index (χ1n) is 11.3. The maximum absolute atomic E-state index is 12.2. The highest BCUT2D eigenvalue weighted by atomic mass is 16.6. The Morgan fingerprint density at radius 1 is 1.04 bits per heavy atom. The van der Waals surface area contributed by atoms with E-state index >= 15 is 0 Å². The summed E-state index contributed by atoms with van der Waals surface area (Å²) in [4.78, 5) is 24.3. The minimum atomic E-state index is -0.132. The molecule has 1 heterocycles. The highest BCUT2D eigenvalue weighted by Crippen LogP contribution is 2.81. The van der Waals surface area contributed by atoms with Crippen LogP contribution in [0.25, 0.3) is 0 Å². The maximum Gasteiger partial charge on any atom is 0.306 e. The van der Waals surface area contributed by atoms with E-state index in [0.29, 0.717) is 18.1 Å². The molecule has 1 aliphatic heterocycles. The number of fused-ring (bicyclic) bond motifs is 11. The van der Waals surface area contributed by atoms with Crippen molar-refractivity contribution in [2.75, 3.05) is 0 Å². The standard InChI is InChI=1S/C24H30O3/c1-22-6-3-12(25)9-17(22)13-10-14(13)20-16(22)4-7-23(2)21(20)15-11-18(15)24(23)8-5-19(26)27-24/h14-16,18,20-21H,3-11H2,1-2H3/t14?,15-,16+,18+,20-,21+,22-,23+,24+/m1/s1. The molecule has 0 N–H and O–H groups in total. The molecule has 0 aromatic rings. The van der Waals surface area contributed by atoms with Crippen LogP contribution >= 0.6 is 0 Å². The van der Waals surface area contributed by atoms with Crippen molar-refractivity contribution in [3.05, 3.63) is 11.1 Å². The van der Waals surface area contributed by atoms with Gasteiger partial charge in [-0.1, -0.05) is 25.0 Å². The number of allylic oxidation sites excluding steroid dienone is 2. The first-order chi connectivity index (χ1) is 12.9. The number of hydrogen-bond acceptors (Lipinski definition) is 3. The van der Waals surface area contributed by atoms with Crippen LogP contribution in [0.2, 0.25) is 0 Å². The van der Waals surface area contributed by atoms with Crippen LogP contribution in [0.3, 0.4) is 0 Å². The van der Waals surface area contributed by atoms with Crippen molar-refractivity contribution < 1.29 is 14.3 Å². The van der Waals surface area contributed by atoms with Gasteiger partial charge in [-0.05, 0) is 73.5 Å². The largest absolute Gasteiger partial charge is 0.458 e. The number of ketones is 1. The van der Waals surface area contributed by atoms with Crippen LogP contribution < -0.4 is 0 Å². The lowest BCUT2D eigenvalue weighted by atomic mass is 9.45. The van der Waals surface area contributed by atoms with E-state index in [2.05, 4.69) is 13.8 Å². The highest BCUT2D eigenvalue weighted by Gasteiger charge is 2.80. The Balaban J connectivity index is 1.34. The first-order valence-corrected chi connectivity index (χ1v) is 11.3. The second kappa shape index (κ2) is 4.39. The van der Waals surface area contributed by atoms with Crippen molar-refractivity contribution in [3.8, 4) is 0 Å². The Labute approximate surface area is 161 Å². The zero-order valence-electron chi connectivity index (χ0n) is 16.6. The Morgan fingerprint density at radius 3 is 2.67 bits per heavy atom. The average molecular weight is 367 g/mol. The van der Waals surface area contributed by atoms with Gasteiger partial charge >= 0.3 is 5.97 Å². The second-order valence-corrected chi connectivity index (χ2v) is 11.5. The number of carbonyl (C=O) groups excluding carboxylic acids is 2. The van der Waals surface area contributed by atoms with E-state index < -0.39 is 0 Å². The lowest BCUT2D eigenvalue weighted by Gasteiger charge is -2.59. The molecule has 0 radical (unpaired) electrons. The molecule has 3 nitrogen and oxygen atoms in total. The minimum Gasteiger partial charge on any atom is -0.458 e. The molecule has 6 fully saturated rings. The van der Waals surface area contributed by atoms with Crippen molar-refractivity contribution in [1.29, 1.82) is 0 Å². The number of Topliss-reactive ketones (excluding diaryl/α,β-unsaturated/α-hetero) is 1. The predicted octanol–water partition coefficient (Wildman–Crippen LogP) is 4.45. The number of rotatable bonds is 0. The predicted molar refractivity (Wildman–Crippen MR) is 99.6 cm³/mol. The van der Waals surface area contributed by atoms with Crippen LogP contribution in [0.5, 0.6) is 0 Å². The van der Waals surface area contributed by atoms with E-state index in [1.165, 1.54) is 25.7 Å². The van der Waals surface area contributed by atoms with Crippen LogP contribution in [0.1, 0.15) is 71.6 Å². The van der Waals surface area contributed by atoms with Crippen LogP contribution in [-0.4, -0.2) is 17.4 Å². The third-order valence-corrected chi connectivity index (χ3v) is 10.8. The Hall–Kier alpha value is -1.12. The zero-order valence-corrected chi connectivity index (χ0v) is 16.6. The summed E-state index contributed by atoms with van der Waals surface area (Å²) in [5, 5.41) is 0. The third kappa shape index (κ3) is 1.58. The maximum atomic E-state index is 12.2. The quantitative estimate of drug-likeness (QED) is 0.470. The van der Waals surface area contributed by atoms with E-state index in [9.17, 15) is 9.59 Å². The van der Waals surface area contributed by atoms with Crippen molar-refractivity contribution in [3.63, 3.8) is 0 Å². The smallest absolute Gasteiger partial charge is 0.306 e. The Kier molecular flexibility index (Phi) is 2.56. The third-order valence-electron chi connectivity index (χ3n) is 10.8. The van der Waals surface area contributed by atoms with E-state index in [4.69, 9.17) is 4.74 Å². The molecule has 9 atom stereocenters. The van der Waals surface area contributed by atoms with Crippen LogP contribution in [-0.2, 0) is 14.3 Å². The molecule has 0 aromatic heterocycles. The number of carbonyl (C=O) groups is 2. The van der Waals surface area contributed by atoms with E-state index in [1.807, 2.05) is 0 Å². The molecule has 7 aliphatic rings. The summed E-state index contributed by atoms with van der Waals surface area (Å²) in [5.41, 5.74) is 3.58. The topological polar surface area (TPSA) is 43.4 Å². The molecule has 1 unspecified atom stereocenters. The Morgan fingerprint density at radius 2 is 1.89 bits per heavy atom. The van der Waals surface area contributed by atoms with Crippen LogP contribution in [0, 0.1) is 46.3 Å². The van der Waals surface area contributed by atoms with E-state index in [1.54, 1.807) is 11.1 Å². The van der Waals surface area contributed by atoms with Gasteiger partial charge in [-0.15, -0.1) is 0 Å². The molecule has 0 bridgehead atoms. The molecule has 1 saturated heterocycles. The van der Waals surface area contributed by atoms with Gasteiger partial charge in [-0.3, -0.25) is 9.59 Å². The molecule has 7 rings (SSSR count). The zero-order chi connectivity index (χ0) is 18.3. The summed E-state index contributed by atoms with van der Waals surface area (Å²) >= 11 is 0. The van der Waals surface area contributed by atoms with Gasteiger partial charge in [0.2, 0.25) is 0 Å². The fraction of sp³-hybridized carbons (Fsp3) is 0.833. The molecule has 6 aliphatic carbocycles. The molecular formula is C24H30O3. The summed E-state index contributed by atoms with van der Waals surface area (Å²) in [6.07, 6.45) is 9.28. The monoisotopic (exact) mass is 366 g/mol. The van der Waals surface area contributed by atoms with Crippen LogP contribution in [0.15, 0.2) is 11.1 Å².